The maximum Gasteiger partial charge on any atom is 0.126 e. The van der Waals surface area contributed by atoms with Crippen LogP contribution in [0.25, 0.3) is 0 Å². The third-order valence-electron chi connectivity index (χ3n) is 3.96. The lowest BCUT2D eigenvalue weighted by Gasteiger charge is -2.28. The summed E-state index contributed by atoms with van der Waals surface area (Å²) >= 11 is 0. The summed E-state index contributed by atoms with van der Waals surface area (Å²) in [6.07, 6.45) is 5.07. The molecule has 0 fully saturated rings. The Morgan fingerprint density at radius 1 is 1.33 bits per heavy atom. The number of benzene rings is 1. The summed E-state index contributed by atoms with van der Waals surface area (Å²) in [7, 11) is 1.96. The summed E-state index contributed by atoms with van der Waals surface area (Å²) in [5, 5.41) is 3.18. The van der Waals surface area contributed by atoms with Crippen LogP contribution in [0, 0.1) is 11.2 Å². The number of hydrogen-bond donors (Lipinski definition) is 1. The summed E-state index contributed by atoms with van der Waals surface area (Å²) in [6.45, 7) is 11.3. The molecule has 0 bridgehead atoms. The van der Waals surface area contributed by atoms with E-state index in [1.54, 1.807) is 12.1 Å². The molecule has 1 aromatic carbocycles. The van der Waals surface area contributed by atoms with Crippen molar-refractivity contribution in [3.8, 4) is 0 Å². The molecule has 0 aliphatic heterocycles. The highest BCUT2D eigenvalue weighted by Gasteiger charge is 2.23. The lowest BCUT2D eigenvalue weighted by molar-refractivity contribution is 0.366. The van der Waals surface area contributed by atoms with E-state index in [1.807, 2.05) is 26.1 Å². The van der Waals surface area contributed by atoms with Crippen LogP contribution in [0.4, 0.5) is 4.39 Å². The topological polar surface area (TPSA) is 12.0 Å². The Hall–Kier alpha value is -1.41. The fourth-order valence-electron chi connectivity index (χ4n) is 2.60. The molecule has 0 radical (unpaired) electrons. The fraction of sp³-hybridized carbons (Fsp3) is 0.474. The molecule has 0 heterocycles. The molecule has 0 aliphatic rings. The first-order valence-electron chi connectivity index (χ1n) is 7.61. The van der Waals surface area contributed by atoms with Crippen molar-refractivity contribution < 1.29 is 4.39 Å². The highest BCUT2D eigenvalue weighted by atomic mass is 19.1. The molecule has 1 nitrogen and oxygen atoms in total. The third kappa shape index (κ3) is 5.84. The molecule has 21 heavy (non-hydrogen) atoms. The van der Waals surface area contributed by atoms with Crippen molar-refractivity contribution in [2.24, 2.45) is 5.41 Å². The maximum atomic E-state index is 14.0. The second-order valence-corrected chi connectivity index (χ2v) is 6.24. The minimum atomic E-state index is -0.112. The van der Waals surface area contributed by atoms with Gasteiger partial charge in [-0.2, -0.15) is 0 Å². The van der Waals surface area contributed by atoms with E-state index >= 15 is 0 Å². The molecule has 1 atom stereocenters. The quantitative estimate of drug-likeness (QED) is 0.530. The van der Waals surface area contributed by atoms with Crippen molar-refractivity contribution in [3.63, 3.8) is 0 Å². The highest BCUT2D eigenvalue weighted by molar-refractivity contribution is 5.28. The Bertz CT molecular complexity index is 504. The zero-order valence-corrected chi connectivity index (χ0v) is 13.8. The molecule has 1 unspecified atom stereocenters. The van der Waals surface area contributed by atoms with E-state index in [-0.39, 0.29) is 11.2 Å². The van der Waals surface area contributed by atoms with Gasteiger partial charge in [0.25, 0.3) is 0 Å². The van der Waals surface area contributed by atoms with E-state index in [4.69, 9.17) is 0 Å². The molecule has 116 valence electrons. The Morgan fingerprint density at radius 3 is 2.57 bits per heavy atom. The molecule has 0 aliphatic carbocycles. The lowest BCUT2D eigenvalue weighted by Crippen LogP contribution is -2.21. The van der Waals surface area contributed by atoms with Crippen LogP contribution in [-0.2, 0) is 6.42 Å². The number of allylic oxidation sites excluding steroid dienone is 3. The van der Waals surface area contributed by atoms with Crippen LogP contribution in [0.15, 0.2) is 48.1 Å². The van der Waals surface area contributed by atoms with Gasteiger partial charge in [0.05, 0.1) is 0 Å². The van der Waals surface area contributed by atoms with E-state index in [0.717, 1.165) is 30.5 Å². The summed E-state index contributed by atoms with van der Waals surface area (Å²) in [5.41, 5.74) is 3.00. The summed E-state index contributed by atoms with van der Waals surface area (Å²) < 4.78 is 14.0. The molecule has 0 saturated heterocycles. The van der Waals surface area contributed by atoms with Gasteiger partial charge in [0, 0.05) is 0 Å². The van der Waals surface area contributed by atoms with Gasteiger partial charge in [-0.15, -0.1) is 0 Å². The first-order valence-corrected chi connectivity index (χ1v) is 7.61. The monoisotopic (exact) mass is 289 g/mol. The predicted molar refractivity (Wildman–Crippen MR) is 89.9 cm³/mol. The van der Waals surface area contributed by atoms with E-state index < -0.39 is 0 Å². The SMILES string of the molecule is C=C(C)/C(C)=C\C(C)(CCCNC)Cc1ccccc1F. The van der Waals surface area contributed by atoms with Crippen LogP contribution in [0.1, 0.15) is 39.2 Å². The van der Waals surface area contributed by atoms with Gasteiger partial charge in [-0.1, -0.05) is 48.9 Å². The first kappa shape index (κ1) is 17.6. The van der Waals surface area contributed by atoms with E-state index in [1.165, 1.54) is 5.57 Å². The second kappa shape index (κ2) is 8.14. The average Bonchev–Trinajstić information content (AvgIpc) is 2.41. The zero-order valence-electron chi connectivity index (χ0n) is 13.8. The average molecular weight is 289 g/mol. The van der Waals surface area contributed by atoms with E-state index in [0.29, 0.717) is 6.42 Å². The normalized spacial score (nSPS) is 14.8. The van der Waals surface area contributed by atoms with Crippen molar-refractivity contribution >= 4 is 0 Å². The van der Waals surface area contributed by atoms with E-state index in [9.17, 15) is 4.39 Å². The van der Waals surface area contributed by atoms with Gasteiger partial charge in [0.15, 0.2) is 0 Å². The van der Waals surface area contributed by atoms with E-state index in [2.05, 4.69) is 31.8 Å². The molecule has 1 N–H and O–H groups in total. The minimum Gasteiger partial charge on any atom is -0.320 e. The lowest BCUT2D eigenvalue weighted by atomic mass is 9.77. The molecular weight excluding hydrogens is 261 g/mol. The number of nitrogens with one attached hydrogen (secondary N) is 1. The van der Waals surface area contributed by atoms with Gasteiger partial charge >= 0.3 is 0 Å². The minimum absolute atomic E-state index is 0.0535. The highest BCUT2D eigenvalue weighted by Crippen LogP contribution is 2.33. The summed E-state index contributed by atoms with van der Waals surface area (Å²) in [6, 6.07) is 7.07. The summed E-state index contributed by atoms with van der Waals surface area (Å²) in [5.74, 6) is -0.112. The number of halogens is 1. The molecule has 0 saturated carbocycles. The molecule has 2 heteroatoms. The third-order valence-corrected chi connectivity index (χ3v) is 3.96. The van der Waals surface area contributed by atoms with Gasteiger partial charge in [-0.25, -0.2) is 4.39 Å². The zero-order chi connectivity index (χ0) is 15.9. The standard InChI is InChI=1S/C19H28FN/c1-15(2)16(3)13-19(4,11-8-12-21-5)14-17-9-6-7-10-18(17)20/h6-7,9-10,13,21H,1,8,11-12,14H2,2-5H3/b16-13-. The van der Waals surface area contributed by atoms with Crippen molar-refractivity contribution in [2.45, 2.75) is 40.0 Å². The molecule has 1 aromatic rings. The van der Waals surface area contributed by atoms with Crippen LogP contribution in [-0.4, -0.2) is 13.6 Å². The molecule has 0 aromatic heterocycles. The number of hydrogen-bond acceptors (Lipinski definition) is 1. The van der Waals surface area contributed by atoms with Gasteiger partial charge in [0.2, 0.25) is 0 Å². The summed E-state index contributed by atoms with van der Waals surface area (Å²) in [4.78, 5) is 0. The molecule has 1 rings (SSSR count). The Morgan fingerprint density at radius 2 is 2.00 bits per heavy atom. The molecule has 0 amide bonds. The van der Waals surface area contributed by atoms with Crippen LogP contribution in [0.3, 0.4) is 0 Å². The van der Waals surface area contributed by atoms with Gasteiger partial charge in [-0.05, 0) is 63.7 Å². The Labute approximate surface area is 129 Å². The smallest absolute Gasteiger partial charge is 0.126 e. The van der Waals surface area contributed by atoms with Gasteiger partial charge in [-0.3, -0.25) is 0 Å². The van der Waals surface area contributed by atoms with Crippen LogP contribution >= 0.6 is 0 Å². The van der Waals surface area contributed by atoms with Crippen LogP contribution in [0.5, 0.6) is 0 Å². The fourth-order valence-corrected chi connectivity index (χ4v) is 2.60. The molecule has 0 spiro atoms. The van der Waals surface area contributed by atoms with Crippen molar-refractivity contribution in [1.82, 2.24) is 5.32 Å². The van der Waals surface area contributed by atoms with Crippen molar-refractivity contribution in [1.29, 1.82) is 0 Å². The maximum absolute atomic E-state index is 14.0. The molecular formula is C19H28FN. The van der Waals surface area contributed by atoms with Gasteiger partial charge < -0.3 is 5.32 Å². The second-order valence-electron chi connectivity index (χ2n) is 6.24. The Balaban J connectivity index is 2.98. The van der Waals surface area contributed by atoms with Crippen molar-refractivity contribution in [3.05, 3.63) is 59.4 Å². The van der Waals surface area contributed by atoms with Crippen LogP contribution in [0.2, 0.25) is 0 Å². The van der Waals surface area contributed by atoms with Crippen molar-refractivity contribution in [2.75, 3.05) is 13.6 Å². The predicted octanol–water partition coefficient (Wildman–Crippen LogP) is 4.90. The van der Waals surface area contributed by atoms with Crippen LogP contribution < -0.4 is 5.32 Å². The first-order chi connectivity index (χ1) is 9.88. The Kier molecular flexibility index (Phi) is 6.83. The number of rotatable bonds is 8. The largest absolute Gasteiger partial charge is 0.320 e. The van der Waals surface area contributed by atoms with Gasteiger partial charge in [0.1, 0.15) is 5.82 Å².